The molecule has 0 fully saturated rings. The Morgan fingerprint density at radius 3 is 0.670 bits per heavy atom. The first-order valence-corrected chi connectivity index (χ1v) is 36.8. The van der Waals surface area contributed by atoms with Crippen molar-refractivity contribution < 1.29 is 9.53 Å². The van der Waals surface area contributed by atoms with E-state index in [9.17, 15) is 4.79 Å². The largest absolute Gasteiger partial charge is 0.496 e. The lowest BCUT2D eigenvalue weighted by Gasteiger charge is -2.18. The fourth-order valence-electron chi connectivity index (χ4n) is 11.0. The van der Waals surface area contributed by atoms with Gasteiger partial charge in [-0.25, -0.2) is 0 Å². The van der Waals surface area contributed by atoms with Crippen LogP contribution in [0.15, 0.2) is 406 Å². The van der Waals surface area contributed by atoms with Crippen molar-refractivity contribution in [2.45, 2.75) is 6.42 Å². The Morgan fingerprint density at radius 2 is 0.457 bits per heavy atom. The summed E-state index contributed by atoms with van der Waals surface area (Å²) in [6.45, 7) is 0. The fourth-order valence-corrected chi connectivity index (χ4v) is 20.2. The maximum Gasteiger partial charge on any atom is 0.228 e. The summed E-state index contributed by atoms with van der Waals surface area (Å²) in [7, 11) is -0.123. The highest BCUT2D eigenvalue weighted by molar-refractivity contribution is 7.81. The van der Waals surface area contributed by atoms with E-state index in [1.54, 1.807) is 7.11 Å². The molecule has 15 rings (SSSR count). The second-order valence-corrected chi connectivity index (χ2v) is 30.5. The standard InChI is InChI=1S/4C18H15P.C15H13NO2/c4*1-4-10-16(11-5-1)19(17-12-6-2-7-13-17)18-14-8-3-9-15-18;1-18-14-5-3-2-4-12(14)10-6-7-11-9-15(17)16-13(11)8-10/h4*1-15H;2-8H,9H2,1H3,(H,16,17). The van der Waals surface area contributed by atoms with Crippen LogP contribution in [0.25, 0.3) is 11.1 Å². The van der Waals surface area contributed by atoms with Gasteiger partial charge in [-0.05, 0) is 119 Å². The van der Waals surface area contributed by atoms with E-state index in [4.69, 9.17) is 4.74 Å². The molecule has 1 heterocycles. The summed E-state index contributed by atoms with van der Waals surface area (Å²) in [5.74, 6) is 0.893. The van der Waals surface area contributed by atoms with Gasteiger partial charge in [0.15, 0.2) is 0 Å². The van der Waals surface area contributed by atoms with Gasteiger partial charge in [-0.1, -0.05) is 394 Å². The number of methoxy groups -OCH3 is 1. The van der Waals surface area contributed by atoms with E-state index in [0.717, 1.165) is 28.1 Å². The maximum absolute atomic E-state index is 11.3. The van der Waals surface area contributed by atoms with Gasteiger partial charge in [0.25, 0.3) is 0 Å². The Kier molecular flexibility index (Phi) is 24.6. The minimum Gasteiger partial charge on any atom is -0.496 e. The average molecular weight is 1290 g/mol. The lowest BCUT2D eigenvalue weighted by atomic mass is 10.0. The molecule has 0 saturated heterocycles. The zero-order valence-corrected chi connectivity index (χ0v) is 56.1. The molecule has 3 nitrogen and oxygen atoms in total. The third-order valence-corrected chi connectivity index (χ3v) is 25.1. The zero-order chi connectivity index (χ0) is 64.2. The first-order chi connectivity index (χ1) is 46.6. The minimum atomic E-state index is -0.446. The van der Waals surface area contributed by atoms with E-state index in [2.05, 4.69) is 369 Å². The number of hydrogen-bond donors (Lipinski definition) is 1. The Hall–Kier alpha value is -9.93. The van der Waals surface area contributed by atoms with Crippen LogP contribution < -0.4 is 73.7 Å². The molecule has 1 N–H and O–H groups in total. The first-order valence-electron chi connectivity index (χ1n) is 31.5. The molecule has 7 heteroatoms. The van der Waals surface area contributed by atoms with Gasteiger partial charge in [0.1, 0.15) is 5.75 Å². The van der Waals surface area contributed by atoms with E-state index >= 15 is 0 Å². The topological polar surface area (TPSA) is 38.3 Å². The van der Waals surface area contributed by atoms with Crippen molar-refractivity contribution in [2.75, 3.05) is 12.4 Å². The van der Waals surface area contributed by atoms with Crippen LogP contribution in [0.2, 0.25) is 0 Å². The highest BCUT2D eigenvalue weighted by Gasteiger charge is 2.21. The quantitative estimate of drug-likeness (QED) is 0.110. The Bertz CT molecular complexity index is 3610. The molecule has 0 aliphatic carbocycles. The predicted octanol–water partition coefficient (Wildman–Crippen LogP) is 16.6. The number of fused-ring (bicyclic) bond motifs is 1. The summed E-state index contributed by atoms with van der Waals surface area (Å²) < 4.78 is 5.35. The number of anilines is 1. The van der Waals surface area contributed by atoms with E-state index in [0.29, 0.717) is 6.42 Å². The van der Waals surface area contributed by atoms with Crippen LogP contribution in [0.5, 0.6) is 5.75 Å². The van der Waals surface area contributed by atoms with Gasteiger partial charge in [0.05, 0.1) is 13.5 Å². The van der Waals surface area contributed by atoms with Crippen molar-refractivity contribution in [1.29, 1.82) is 0 Å². The van der Waals surface area contributed by atoms with Crippen LogP contribution in [-0.4, -0.2) is 13.0 Å². The van der Waals surface area contributed by atoms with E-state index in [-0.39, 0.29) is 5.91 Å². The van der Waals surface area contributed by atoms with Gasteiger partial charge < -0.3 is 10.1 Å². The van der Waals surface area contributed by atoms with Gasteiger partial charge in [-0.3, -0.25) is 4.79 Å². The second kappa shape index (κ2) is 35.2. The summed E-state index contributed by atoms with van der Waals surface area (Å²) >= 11 is 0. The monoisotopic (exact) mass is 1290 g/mol. The van der Waals surface area contributed by atoms with Gasteiger partial charge in [0.2, 0.25) is 5.91 Å². The summed E-state index contributed by atoms with van der Waals surface area (Å²) in [6, 6.07) is 143. The maximum atomic E-state index is 11.3. The lowest BCUT2D eigenvalue weighted by Crippen LogP contribution is -2.20. The fraction of sp³-hybridized carbons (Fsp3) is 0.0230. The molecule has 0 bridgehead atoms. The van der Waals surface area contributed by atoms with Crippen LogP contribution in [0.1, 0.15) is 5.56 Å². The van der Waals surface area contributed by atoms with Gasteiger partial charge in [-0.2, -0.15) is 0 Å². The van der Waals surface area contributed by atoms with E-state index in [1.165, 1.54) is 63.7 Å². The zero-order valence-electron chi connectivity index (χ0n) is 52.5. The number of hydrogen-bond acceptors (Lipinski definition) is 2. The Morgan fingerprint density at radius 1 is 0.255 bits per heavy atom. The smallest absolute Gasteiger partial charge is 0.228 e. The number of para-hydroxylation sites is 1. The first kappa shape index (κ1) is 65.6. The number of amides is 1. The highest BCUT2D eigenvalue weighted by atomic mass is 31.1. The van der Waals surface area contributed by atoms with Crippen LogP contribution in [0.3, 0.4) is 0 Å². The van der Waals surface area contributed by atoms with Gasteiger partial charge >= 0.3 is 0 Å². The van der Waals surface area contributed by atoms with Gasteiger partial charge in [-0.15, -0.1) is 0 Å². The second-order valence-electron chi connectivity index (χ2n) is 21.7. The number of ether oxygens (including phenoxy) is 1. The van der Waals surface area contributed by atoms with Crippen molar-refractivity contribution in [3.8, 4) is 16.9 Å². The molecule has 0 radical (unpaired) electrons. The Balaban J connectivity index is 0.000000120. The SMILES string of the molecule is COc1ccccc1-c1ccc2c(c1)NC(=O)C2.c1ccc(P(c2ccccc2)c2ccccc2)cc1.c1ccc(P(c2ccccc2)c2ccccc2)cc1.c1ccc(P(c2ccccc2)c2ccccc2)cc1.c1ccc(P(c2ccccc2)c2ccccc2)cc1. The molecule has 94 heavy (non-hydrogen) atoms. The van der Waals surface area contributed by atoms with Crippen molar-refractivity contribution in [2.24, 2.45) is 0 Å². The van der Waals surface area contributed by atoms with Crippen molar-refractivity contribution >= 4 is 107 Å². The van der Waals surface area contributed by atoms with E-state index in [1.807, 2.05) is 42.5 Å². The van der Waals surface area contributed by atoms with Crippen LogP contribution in [0, 0.1) is 0 Å². The summed E-state index contributed by atoms with van der Waals surface area (Å²) in [5, 5.41) is 19.6. The molecule has 1 aliphatic rings. The number of rotatable bonds is 14. The lowest BCUT2D eigenvalue weighted by molar-refractivity contribution is -0.115. The molecule has 0 aromatic heterocycles. The third-order valence-electron chi connectivity index (χ3n) is 15.3. The van der Waals surface area contributed by atoms with Crippen LogP contribution >= 0.6 is 31.7 Å². The van der Waals surface area contributed by atoms with E-state index < -0.39 is 31.7 Å². The molecule has 0 spiro atoms. The average Bonchev–Trinajstić information content (AvgIpc) is 1.52. The molecule has 14 aromatic carbocycles. The summed E-state index contributed by atoms with van der Waals surface area (Å²) in [4.78, 5) is 11.3. The molecule has 0 atom stereocenters. The molecule has 14 aromatic rings. The number of nitrogens with one attached hydrogen (secondary N) is 1. The number of carbonyl (C=O) groups is 1. The van der Waals surface area contributed by atoms with Crippen LogP contribution in [0.4, 0.5) is 5.69 Å². The van der Waals surface area contributed by atoms with Crippen LogP contribution in [-0.2, 0) is 11.2 Å². The van der Waals surface area contributed by atoms with Crippen molar-refractivity contribution in [3.05, 3.63) is 412 Å². The molecular weight excluding hydrogens is 1210 g/mol. The molecule has 0 unspecified atom stereocenters. The number of carbonyl (C=O) groups excluding carboxylic acids is 1. The molecule has 1 amide bonds. The summed E-state index contributed by atoms with van der Waals surface area (Å²) in [5.41, 5.74) is 4.04. The van der Waals surface area contributed by atoms with Crippen molar-refractivity contribution in [1.82, 2.24) is 0 Å². The van der Waals surface area contributed by atoms with Crippen molar-refractivity contribution in [3.63, 3.8) is 0 Å². The molecular formula is C87H73NO2P4. The molecule has 458 valence electrons. The number of benzene rings is 14. The third kappa shape index (κ3) is 18.2. The predicted molar refractivity (Wildman–Crippen MR) is 411 cm³/mol. The highest BCUT2D eigenvalue weighted by Crippen LogP contribution is 2.37. The Labute approximate surface area is 560 Å². The molecule has 0 saturated carbocycles. The van der Waals surface area contributed by atoms with Gasteiger partial charge in [0, 0.05) is 11.3 Å². The summed E-state index contributed by atoms with van der Waals surface area (Å²) in [6.07, 6.45) is 0.474. The normalized spacial score (nSPS) is 11.1. The minimum absolute atomic E-state index is 0.0576. The molecule has 1 aliphatic heterocycles.